The maximum Gasteiger partial charge on any atom is 0.260 e. The van der Waals surface area contributed by atoms with Crippen LogP contribution in [0.25, 0.3) is 0 Å². The molecule has 2 aromatic rings. The molecule has 1 aliphatic carbocycles. The zero-order chi connectivity index (χ0) is 21.0. The van der Waals surface area contributed by atoms with E-state index < -0.39 is 0 Å². The summed E-state index contributed by atoms with van der Waals surface area (Å²) in [6.45, 7) is 6.83. The molecule has 0 heterocycles. The lowest BCUT2D eigenvalue weighted by atomic mass is 9.86. The smallest absolute Gasteiger partial charge is 0.260 e. The van der Waals surface area contributed by atoms with Crippen LogP contribution in [-0.2, 0) is 16.8 Å². The van der Waals surface area contributed by atoms with Crippen molar-refractivity contribution in [1.29, 1.82) is 0 Å². The lowest BCUT2D eigenvalue weighted by Gasteiger charge is -2.23. The van der Waals surface area contributed by atoms with Crippen LogP contribution < -0.4 is 10.1 Å². The fourth-order valence-electron chi connectivity index (χ4n) is 3.08. The number of rotatable bonds is 7. The second-order valence-corrected chi connectivity index (χ2v) is 8.73. The first-order chi connectivity index (χ1) is 13.7. The van der Waals surface area contributed by atoms with E-state index in [2.05, 4.69) is 26.1 Å². The molecule has 2 aromatic carbocycles. The molecule has 0 radical (unpaired) electrons. The van der Waals surface area contributed by atoms with Crippen LogP contribution in [0.4, 0.5) is 0 Å². The van der Waals surface area contributed by atoms with Crippen molar-refractivity contribution in [2.75, 3.05) is 13.7 Å². The molecule has 2 amide bonds. The molecule has 0 aromatic heterocycles. The van der Waals surface area contributed by atoms with Gasteiger partial charge >= 0.3 is 0 Å². The summed E-state index contributed by atoms with van der Waals surface area (Å²) < 4.78 is 5.83. The highest BCUT2D eigenvalue weighted by atomic mass is 16.5. The quantitative estimate of drug-likeness (QED) is 0.774. The van der Waals surface area contributed by atoms with Crippen LogP contribution in [0, 0.1) is 0 Å². The predicted molar refractivity (Wildman–Crippen MR) is 114 cm³/mol. The SMILES string of the molecule is CN(Cc1ccc(C(=O)NC2CC2)cc1)C(=O)COc1ccccc1C(C)(C)C. The number of nitrogens with one attached hydrogen (secondary N) is 1. The first kappa shape index (κ1) is 20.9. The maximum absolute atomic E-state index is 12.5. The van der Waals surface area contributed by atoms with Crippen molar-refractivity contribution < 1.29 is 14.3 Å². The minimum absolute atomic E-state index is 0.00846. The molecule has 0 unspecified atom stereocenters. The molecule has 5 nitrogen and oxygen atoms in total. The Morgan fingerprint density at radius 2 is 1.72 bits per heavy atom. The molecular weight excluding hydrogens is 364 g/mol. The van der Waals surface area contributed by atoms with Crippen molar-refractivity contribution in [2.45, 2.75) is 51.6 Å². The highest BCUT2D eigenvalue weighted by molar-refractivity contribution is 5.94. The number of para-hydroxylation sites is 1. The Hall–Kier alpha value is -2.82. The van der Waals surface area contributed by atoms with Gasteiger partial charge in [0.25, 0.3) is 11.8 Å². The second kappa shape index (κ2) is 8.68. The molecule has 0 saturated heterocycles. The largest absolute Gasteiger partial charge is 0.483 e. The van der Waals surface area contributed by atoms with E-state index in [1.807, 2.05) is 36.4 Å². The van der Waals surface area contributed by atoms with Gasteiger partial charge < -0.3 is 15.0 Å². The third-order valence-electron chi connectivity index (χ3n) is 5.02. The zero-order valence-corrected chi connectivity index (χ0v) is 17.7. The van der Waals surface area contributed by atoms with E-state index in [1.165, 1.54) is 0 Å². The summed E-state index contributed by atoms with van der Waals surface area (Å²) >= 11 is 0. The number of likely N-dealkylation sites (N-methyl/N-ethyl adjacent to an activating group) is 1. The first-order valence-corrected chi connectivity index (χ1v) is 10.1. The third kappa shape index (κ3) is 5.83. The van der Waals surface area contributed by atoms with Gasteiger partial charge in [-0.15, -0.1) is 0 Å². The highest BCUT2D eigenvalue weighted by Gasteiger charge is 2.24. The van der Waals surface area contributed by atoms with Crippen LogP contribution in [-0.4, -0.2) is 36.4 Å². The zero-order valence-electron chi connectivity index (χ0n) is 17.7. The number of carbonyl (C=O) groups is 2. The number of hydrogen-bond donors (Lipinski definition) is 1. The van der Waals surface area contributed by atoms with Crippen molar-refractivity contribution in [3.05, 3.63) is 65.2 Å². The number of hydrogen-bond acceptors (Lipinski definition) is 3. The van der Waals surface area contributed by atoms with Crippen molar-refractivity contribution in [3.63, 3.8) is 0 Å². The molecule has 0 bridgehead atoms. The van der Waals surface area contributed by atoms with Gasteiger partial charge in [0.2, 0.25) is 0 Å². The van der Waals surface area contributed by atoms with Crippen molar-refractivity contribution in [1.82, 2.24) is 10.2 Å². The van der Waals surface area contributed by atoms with Gasteiger partial charge in [0.15, 0.2) is 6.61 Å². The molecule has 0 aliphatic heterocycles. The van der Waals surface area contributed by atoms with Gasteiger partial charge in [-0.1, -0.05) is 51.1 Å². The van der Waals surface area contributed by atoms with E-state index in [-0.39, 0.29) is 23.8 Å². The molecule has 3 rings (SSSR count). The van der Waals surface area contributed by atoms with Crippen molar-refractivity contribution >= 4 is 11.8 Å². The van der Waals surface area contributed by atoms with Gasteiger partial charge in [-0.05, 0) is 47.6 Å². The minimum Gasteiger partial charge on any atom is -0.483 e. The summed E-state index contributed by atoms with van der Waals surface area (Å²) in [6.07, 6.45) is 2.14. The monoisotopic (exact) mass is 394 g/mol. The third-order valence-corrected chi connectivity index (χ3v) is 5.02. The first-order valence-electron chi connectivity index (χ1n) is 10.1. The second-order valence-electron chi connectivity index (χ2n) is 8.73. The molecule has 1 N–H and O–H groups in total. The van der Waals surface area contributed by atoms with Gasteiger partial charge in [-0.2, -0.15) is 0 Å². The molecule has 154 valence electrons. The van der Waals surface area contributed by atoms with E-state index in [0.29, 0.717) is 18.2 Å². The van der Waals surface area contributed by atoms with Crippen LogP contribution in [0.1, 0.15) is 55.1 Å². The molecule has 0 spiro atoms. The molecule has 5 heteroatoms. The van der Waals surface area contributed by atoms with Crippen molar-refractivity contribution in [3.8, 4) is 5.75 Å². The van der Waals surface area contributed by atoms with Crippen molar-refractivity contribution in [2.24, 2.45) is 0 Å². The average Bonchev–Trinajstić information content (AvgIpc) is 3.50. The van der Waals surface area contributed by atoms with Gasteiger partial charge in [0.05, 0.1) is 0 Å². The molecule has 1 fully saturated rings. The van der Waals surface area contributed by atoms with Crippen LogP contribution in [0.15, 0.2) is 48.5 Å². The standard InChI is InChI=1S/C24H30N2O3/c1-24(2,3)20-7-5-6-8-21(20)29-16-22(27)26(4)15-17-9-11-18(12-10-17)23(28)25-19-13-14-19/h5-12,19H,13-16H2,1-4H3,(H,25,28). The summed E-state index contributed by atoms with van der Waals surface area (Å²) in [6, 6.07) is 15.6. The minimum atomic E-state index is -0.0933. The number of amides is 2. The molecule has 1 aliphatic rings. The molecular formula is C24H30N2O3. The van der Waals surface area contributed by atoms with Gasteiger partial charge in [0, 0.05) is 25.2 Å². The van der Waals surface area contributed by atoms with Gasteiger partial charge in [0.1, 0.15) is 5.75 Å². The summed E-state index contributed by atoms with van der Waals surface area (Å²) in [5.74, 6) is 0.617. The fourth-order valence-corrected chi connectivity index (χ4v) is 3.08. The van der Waals surface area contributed by atoms with Crippen LogP contribution in [0.5, 0.6) is 5.75 Å². The Balaban J connectivity index is 1.54. The normalized spacial score (nSPS) is 13.7. The summed E-state index contributed by atoms with van der Waals surface area (Å²) in [5.41, 5.74) is 2.64. The van der Waals surface area contributed by atoms with E-state index in [4.69, 9.17) is 4.74 Å². The summed E-state index contributed by atoms with van der Waals surface area (Å²) in [5, 5.41) is 2.98. The summed E-state index contributed by atoms with van der Waals surface area (Å²) in [4.78, 5) is 26.2. The number of carbonyl (C=O) groups excluding carboxylic acids is 2. The number of ether oxygens (including phenoxy) is 1. The fraction of sp³-hybridized carbons (Fsp3) is 0.417. The van der Waals surface area contributed by atoms with E-state index in [9.17, 15) is 9.59 Å². The predicted octanol–water partition coefficient (Wildman–Crippen LogP) is 3.91. The van der Waals surface area contributed by atoms with Crippen LogP contribution >= 0.6 is 0 Å². The Kier molecular flexibility index (Phi) is 6.26. The Labute approximate surface area is 173 Å². The van der Waals surface area contributed by atoms with Gasteiger partial charge in [-0.25, -0.2) is 0 Å². The van der Waals surface area contributed by atoms with E-state index >= 15 is 0 Å². The van der Waals surface area contributed by atoms with Gasteiger partial charge in [-0.3, -0.25) is 9.59 Å². The highest BCUT2D eigenvalue weighted by Crippen LogP contribution is 2.30. The Bertz CT molecular complexity index is 864. The maximum atomic E-state index is 12.5. The lowest BCUT2D eigenvalue weighted by molar-refractivity contribution is -0.132. The lowest BCUT2D eigenvalue weighted by Crippen LogP contribution is -2.31. The molecule has 1 saturated carbocycles. The van der Waals surface area contributed by atoms with E-state index in [1.54, 1.807) is 24.1 Å². The topological polar surface area (TPSA) is 58.6 Å². The number of benzene rings is 2. The average molecular weight is 395 g/mol. The Morgan fingerprint density at radius 1 is 1.07 bits per heavy atom. The van der Waals surface area contributed by atoms with Crippen LogP contribution in [0.2, 0.25) is 0 Å². The number of nitrogens with zero attached hydrogens (tertiary/aromatic N) is 1. The van der Waals surface area contributed by atoms with Crippen LogP contribution in [0.3, 0.4) is 0 Å². The summed E-state index contributed by atoms with van der Waals surface area (Å²) in [7, 11) is 1.76. The van der Waals surface area contributed by atoms with E-state index in [0.717, 1.165) is 29.7 Å². The molecule has 0 atom stereocenters. The molecule has 29 heavy (non-hydrogen) atoms. The Morgan fingerprint density at radius 3 is 2.34 bits per heavy atom.